The number of nitrogen functional groups attached to an aromatic ring is 1. The Kier molecular flexibility index (Phi) is 7.11. The zero-order valence-corrected chi connectivity index (χ0v) is 21.4. The first-order valence-electron chi connectivity index (χ1n) is 10.3. The van der Waals surface area contributed by atoms with Crippen molar-refractivity contribution in [2.45, 2.75) is 0 Å². The third-order valence-corrected chi connectivity index (χ3v) is 7.17. The molecule has 0 fully saturated rings. The molecule has 0 bridgehead atoms. The zero-order chi connectivity index (χ0) is 25.9. The molecule has 10 heteroatoms. The molecule has 1 aliphatic carbocycles. The van der Waals surface area contributed by atoms with Gasteiger partial charge in [0, 0.05) is 0 Å². The Bertz CT molecular complexity index is 1270. The van der Waals surface area contributed by atoms with Gasteiger partial charge in [0.25, 0.3) is 0 Å². The van der Waals surface area contributed by atoms with Gasteiger partial charge in [0.15, 0.2) is 0 Å². The van der Waals surface area contributed by atoms with Crippen molar-refractivity contribution in [2.75, 3.05) is 19.8 Å². The van der Waals surface area contributed by atoms with Gasteiger partial charge in [-0.05, 0) is 0 Å². The van der Waals surface area contributed by atoms with Crippen LogP contribution in [0.25, 0.3) is 8.94 Å². The van der Waals surface area contributed by atoms with E-state index in [1.165, 1.54) is 36.9 Å². The number of anilines is 1. The third kappa shape index (κ3) is 9.36. The topological polar surface area (TPSA) is 29.0 Å². The number of benzene rings is 2. The van der Waals surface area contributed by atoms with Crippen LogP contribution in [0.4, 0.5) is 30.9 Å². The Morgan fingerprint density at radius 3 is 1.57 bits per heavy atom. The van der Waals surface area contributed by atoms with Crippen molar-refractivity contribution in [1.29, 1.82) is 0 Å². The molecule has 2 nitrogen and oxygen atoms in total. The van der Waals surface area contributed by atoms with Crippen molar-refractivity contribution in [3.8, 4) is 0 Å². The molecule has 0 saturated heterocycles. The SMILES string of the molecule is C[N+](C)=C1C=CC(=C2C=C(c3ccccc3)[Se]C(c3ccc(N)cc3)=C2)C=C1.F[P-](F)(F)(F)(F)F. The number of allylic oxidation sites excluding steroid dienone is 8. The molecule has 0 unspecified atom stereocenters. The first kappa shape index (κ1) is 26.7. The fraction of sp³-hybridized carbons (Fsp3) is 0.0800. The summed E-state index contributed by atoms with van der Waals surface area (Å²) in [4.78, 5) is 0. The van der Waals surface area contributed by atoms with Crippen molar-refractivity contribution < 1.29 is 29.8 Å². The summed E-state index contributed by atoms with van der Waals surface area (Å²) in [5.74, 6) is 0. The molecule has 1 heterocycles. The van der Waals surface area contributed by atoms with E-state index < -0.39 is 7.81 Å². The Morgan fingerprint density at radius 1 is 0.657 bits per heavy atom. The zero-order valence-electron chi connectivity index (χ0n) is 18.8. The first-order chi connectivity index (χ1) is 16.0. The van der Waals surface area contributed by atoms with Gasteiger partial charge < -0.3 is 0 Å². The molecule has 4 rings (SSSR count). The van der Waals surface area contributed by atoms with Crippen LogP contribution in [0.15, 0.2) is 102 Å². The van der Waals surface area contributed by atoms with Crippen molar-refractivity contribution >= 4 is 43.1 Å². The second kappa shape index (κ2) is 9.30. The number of rotatable bonds is 2. The third-order valence-electron chi connectivity index (χ3n) is 4.76. The van der Waals surface area contributed by atoms with E-state index >= 15 is 0 Å². The fourth-order valence-corrected chi connectivity index (χ4v) is 5.50. The monoisotopic (exact) mass is 576 g/mol. The van der Waals surface area contributed by atoms with Crippen molar-refractivity contribution in [3.05, 3.63) is 113 Å². The molecule has 2 aromatic carbocycles. The Balaban J connectivity index is 0.000000429. The van der Waals surface area contributed by atoms with Gasteiger partial charge in [-0.2, -0.15) is 0 Å². The Hall–Kier alpha value is -2.86. The standard InChI is InChI=1S/C25H22N2Se.F6P/c1-27(2)23-14-10-18(11-15-23)21-16-24(19-6-4-3-5-7-19)28-25(17-21)20-8-12-22(26)13-9-20;1-7(2,3,4,5)6/h3-17,26H,1-2H3;/q;-1/p+1. The van der Waals surface area contributed by atoms with E-state index in [1.54, 1.807) is 0 Å². The first-order valence-corrected chi connectivity index (χ1v) is 14.0. The van der Waals surface area contributed by atoms with E-state index in [0.717, 1.165) is 5.69 Å². The molecule has 0 atom stereocenters. The predicted molar refractivity (Wildman–Crippen MR) is 135 cm³/mol. The van der Waals surface area contributed by atoms with Crippen LogP contribution in [0.3, 0.4) is 0 Å². The summed E-state index contributed by atoms with van der Waals surface area (Å²) >= 11 is 0.241. The summed E-state index contributed by atoms with van der Waals surface area (Å²) in [5, 5.41) is 0. The van der Waals surface area contributed by atoms with Gasteiger partial charge in [-0.25, -0.2) is 0 Å². The predicted octanol–water partition coefficient (Wildman–Crippen LogP) is 7.89. The molecule has 2 aromatic rings. The molecule has 2 aliphatic rings. The van der Waals surface area contributed by atoms with Gasteiger partial charge in [0.2, 0.25) is 0 Å². The Labute approximate surface area is 205 Å². The van der Waals surface area contributed by atoms with Crippen LogP contribution in [0.5, 0.6) is 0 Å². The van der Waals surface area contributed by atoms with E-state index in [4.69, 9.17) is 5.73 Å². The summed E-state index contributed by atoms with van der Waals surface area (Å²) in [5.41, 5.74) is 12.9. The molecule has 0 aromatic heterocycles. The molecule has 1 aliphatic heterocycles. The molecule has 35 heavy (non-hydrogen) atoms. The number of hydrogen-bond donors (Lipinski definition) is 1. The second-order valence-corrected chi connectivity index (χ2v) is 12.2. The fourth-order valence-electron chi connectivity index (χ4n) is 3.15. The van der Waals surface area contributed by atoms with Crippen LogP contribution >= 0.6 is 7.81 Å². The van der Waals surface area contributed by atoms with Gasteiger partial charge in [-0.3, -0.25) is 0 Å². The minimum absolute atomic E-state index is 0.241. The summed E-state index contributed by atoms with van der Waals surface area (Å²) in [6, 6.07) is 18.9. The van der Waals surface area contributed by atoms with Crippen LogP contribution in [0.2, 0.25) is 0 Å². The Morgan fingerprint density at radius 2 is 1.11 bits per heavy atom. The summed E-state index contributed by atoms with van der Waals surface area (Å²) in [6.07, 6.45) is 13.4. The van der Waals surface area contributed by atoms with Crippen molar-refractivity contribution in [1.82, 2.24) is 0 Å². The summed E-state index contributed by atoms with van der Waals surface area (Å²) in [6.45, 7) is 0. The molecular weight excluding hydrogens is 552 g/mol. The normalized spacial score (nSPS) is 17.5. The van der Waals surface area contributed by atoms with E-state index in [0.29, 0.717) is 0 Å². The van der Waals surface area contributed by atoms with Gasteiger partial charge in [-0.15, -0.1) is 0 Å². The average molecular weight is 575 g/mol. The van der Waals surface area contributed by atoms with Crippen LogP contribution in [-0.4, -0.2) is 39.3 Å². The molecule has 0 amide bonds. The van der Waals surface area contributed by atoms with Gasteiger partial charge >= 0.3 is 206 Å². The quantitative estimate of drug-likeness (QED) is 0.128. The van der Waals surface area contributed by atoms with E-state index in [-0.39, 0.29) is 15.0 Å². The van der Waals surface area contributed by atoms with Gasteiger partial charge in [0.05, 0.1) is 0 Å². The van der Waals surface area contributed by atoms with Crippen molar-refractivity contribution in [2.24, 2.45) is 0 Å². The van der Waals surface area contributed by atoms with E-state index in [1.807, 2.05) is 12.1 Å². The van der Waals surface area contributed by atoms with Crippen LogP contribution < -0.4 is 5.73 Å². The average Bonchev–Trinajstić information content (AvgIpc) is 2.78. The maximum absolute atomic E-state index is 10.7. The number of hydrogen-bond acceptors (Lipinski definition) is 1. The maximum atomic E-state index is 9.87. The van der Waals surface area contributed by atoms with E-state index in [9.17, 15) is 25.2 Å². The number of nitrogens with two attached hydrogens (primary N) is 1. The van der Waals surface area contributed by atoms with Gasteiger partial charge in [-0.1, -0.05) is 0 Å². The minimum atomic E-state index is -10.7. The molecule has 0 saturated carbocycles. The summed E-state index contributed by atoms with van der Waals surface area (Å²) < 4.78 is 64.1. The van der Waals surface area contributed by atoms with Crippen LogP contribution in [-0.2, 0) is 0 Å². The number of nitrogens with zero attached hydrogens (tertiary/aromatic N) is 1. The van der Waals surface area contributed by atoms with Crippen molar-refractivity contribution in [3.63, 3.8) is 0 Å². The molecular formula is C25H23F6N2PSe. The van der Waals surface area contributed by atoms with Crippen LogP contribution in [0, 0.1) is 0 Å². The molecule has 2 N–H and O–H groups in total. The molecule has 0 spiro atoms. The van der Waals surface area contributed by atoms with E-state index in [2.05, 4.69) is 97.6 Å². The van der Waals surface area contributed by atoms with Gasteiger partial charge in [0.1, 0.15) is 0 Å². The summed E-state index contributed by atoms with van der Waals surface area (Å²) in [7, 11) is -6.52. The molecule has 0 radical (unpaired) electrons. The molecule has 186 valence electrons. The number of halogens is 6. The second-order valence-electron chi connectivity index (χ2n) is 7.96. The van der Waals surface area contributed by atoms with Crippen LogP contribution in [0.1, 0.15) is 11.1 Å².